The number of hydrogen-bond acceptors (Lipinski definition) is 3. The second-order valence-electron chi connectivity index (χ2n) is 14.0. The van der Waals surface area contributed by atoms with Gasteiger partial charge in [-0.2, -0.15) is 0 Å². The van der Waals surface area contributed by atoms with Crippen LogP contribution in [-0.2, 0) is 0 Å². The van der Waals surface area contributed by atoms with E-state index in [2.05, 4.69) is 9.80 Å². The molecule has 3 nitrogen and oxygen atoms in total. The smallest absolute Gasteiger partial charge is 0.197 e. The summed E-state index contributed by atoms with van der Waals surface area (Å²) in [4.78, 5) is 11.1. The molecule has 184 valence electrons. The number of fused-ring (bicyclic) bond motifs is 1. The molecule has 6 aliphatic carbocycles. The van der Waals surface area contributed by atoms with Gasteiger partial charge in [0.1, 0.15) is 0 Å². The van der Waals surface area contributed by atoms with Gasteiger partial charge in [-0.1, -0.05) is 51.4 Å². The highest BCUT2D eigenvalue weighted by Gasteiger charge is 2.52. The first-order valence-electron chi connectivity index (χ1n) is 15.3. The molecule has 0 unspecified atom stereocenters. The summed E-state index contributed by atoms with van der Waals surface area (Å²) >= 11 is 0. The van der Waals surface area contributed by atoms with Crippen LogP contribution in [0, 0.1) is 35.0 Å². The number of nitrogens with zero attached hydrogens (tertiary/aromatic N) is 3. The topological polar surface area (TPSA) is 18.8 Å². The molecule has 6 saturated carbocycles. The highest BCUT2D eigenvalue weighted by atomic mass is 15.5. The average molecular weight is 452 g/mol. The van der Waals surface area contributed by atoms with Crippen LogP contribution in [0.2, 0.25) is 0 Å². The van der Waals surface area contributed by atoms with Crippen LogP contribution in [0.1, 0.15) is 116 Å². The van der Waals surface area contributed by atoms with Crippen LogP contribution in [0.4, 0.5) is 0 Å². The maximum atomic E-state index is 5.30. The third-order valence-corrected chi connectivity index (χ3v) is 11.8. The Bertz CT molecular complexity index is 696. The van der Waals surface area contributed by atoms with Crippen molar-refractivity contribution in [1.82, 2.24) is 9.80 Å². The molecular formula is C30H49N3. The molecule has 0 amide bonds. The van der Waals surface area contributed by atoms with Gasteiger partial charge >= 0.3 is 0 Å². The third kappa shape index (κ3) is 4.06. The van der Waals surface area contributed by atoms with Gasteiger partial charge in [-0.05, 0) is 99.2 Å². The molecule has 0 spiro atoms. The minimum absolute atomic E-state index is 0.708. The van der Waals surface area contributed by atoms with E-state index >= 15 is 0 Å². The molecule has 7 fully saturated rings. The van der Waals surface area contributed by atoms with Gasteiger partial charge in [-0.15, -0.1) is 0 Å². The summed E-state index contributed by atoms with van der Waals surface area (Å²) in [5.41, 5.74) is 0.708. The van der Waals surface area contributed by atoms with Crippen LogP contribution >= 0.6 is 0 Å². The van der Waals surface area contributed by atoms with Crippen LogP contribution < -0.4 is 0 Å². The Kier molecular flexibility index (Phi) is 5.70. The van der Waals surface area contributed by atoms with E-state index < -0.39 is 0 Å². The maximum absolute atomic E-state index is 5.30. The van der Waals surface area contributed by atoms with Gasteiger partial charge in [0.25, 0.3) is 0 Å². The lowest BCUT2D eigenvalue weighted by Gasteiger charge is -2.57. The van der Waals surface area contributed by atoms with E-state index in [0.29, 0.717) is 5.41 Å². The molecule has 4 bridgehead atoms. The highest BCUT2D eigenvalue weighted by molar-refractivity contribution is 5.84. The van der Waals surface area contributed by atoms with Gasteiger partial charge in [-0.25, -0.2) is 0 Å². The molecule has 2 aliphatic heterocycles. The van der Waals surface area contributed by atoms with Crippen molar-refractivity contribution < 1.29 is 0 Å². The van der Waals surface area contributed by atoms with Crippen LogP contribution in [0.25, 0.3) is 0 Å². The minimum Gasteiger partial charge on any atom is -0.338 e. The zero-order chi connectivity index (χ0) is 21.8. The molecule has 0 aromatic carbocycles. The van der Waals surface area contributed by atoms with Crippen molar-refractivity contribution in [2.24, 2.45) is 40.0 Å². The minimum atomic E-state index is 0.708. The lowest BCUT2D eigenvalue weighted by Crippen LogP contribution is -2.48. The molecule has 0 N–H and O–H groups in total. The van der Waals surface area contributed by atoms with Crippen molar-refractivity contribution in [2.45, 2.75) is 128 Å². The van der Waals surface area contributed by atoms with E-state index in [9.17, 15) is 0 Å². The molecule has 2 atom stereocenters. The number of guanidine groups is 1. The molecule has 33 heavy (non-hydrogen) atoms. The molecule has 3 heteroatoms. The van der Waals surface area contributed by atoms with Crippen LogP contribution in [-0.4, -0.2) is 47.5 Å². The SMILES string of the molecule is C1CCC(C[C@@H]2CN=C3N2C[C@@H](C2CCCCC2)N3CCC23CC4CC(CC(C4)C2)C3)CC1. The van der Waals surface area contributed by atoms with Gasteiger partial charge < -0.3 is 9.80 Å². The van der Waals surface area contributed by atoms with Crippen molar-refractivity contribution in [1.29, 1.82) is 0 Å². The van der Waals surface area contributed by atoms with E-state index in [1.165, 1.54) is 96.1 Å². The van der Waals surface area contributed by atoms with Gasteiger partial charge in [0.15, 0.2) is 5.96 Å². The summed E-state index contributed by atoms with van der Waals surface area (Å²) in [5, 5.41) is 0. The Hall–Kier alpha value is -0.730. The summed E-state index contributed by atoms with van der Waals surface area (Å²) in [6.07, 6.45) is 27.1. The third-order valence-electron chi connectivity index (χ3n) is 11.8. The molecule has 0 radical (unpaired) electrons. The van der Waals surface area contributed by atoms with E-state index in [1.807, 2.05) is 0 Å². The van der Waals surface area contributed by atoms with Gasteiger partial charge in [0, 0.05) is 13.1 Å². The number of rotatable bonds is 6. The molecular weight excluding hydrogens is 402 g/mol. The van der Waals surface area contributed by atoms with Crippen LogP contribution in [0.3, 0.4) is 0 Å². The Morgan fingerprint density at radius 2 is 1.42 bits per heavy atom. The lowest BCUT2D eigenvalue weighted by molar-refractivity contribution is -0.0601. The normalized spacial score (nSPS) is 43.4. The van der Waals surface area contributed by atoms with Gasteiger partial charge in [-0.3, -0.25) is 4.99 Å². The van der Waals surface area contributed by atoms with E-state index in [-0.39, 0.29) is 0 Å². The largest absolute Gasteiger partial charge is 0.338 e. The quantitative estimate of drug-likeness (QED) is 0.439. The fourth-order valence-electron chi connectivity index (χ4n) is 10.6. The lowest BCUT2D eigenvalue weighted by atomic mass is 9.49. The summed E-state index contributed by atoms with van der Waals surface area (Å²) in [7, 11) is 0. The second kappa shape index (κ2) is 8.74. The van der Waals surface area contributed by atoms with Crippen molar-refractivity contribution >= 4 is 5.96 Å². The highest BCUT2D eigenvalue weighted by Crippen LogP contribution is 2.61. The molecule has 2 heterocycles. The molecule has 8 aliphatic rings. The average Bonchev–Trinajstić information content (AvgIpc) is 3.38. The second-order valence-corrected chi connectivity index (χ2v) is 14.0. The molecule has 0 aromatic heterocycles. The Balaban J connectivity index is 1.07. The Morgan fingerprint density at radius 3 is 2.09 bits per heavy atom. The van der Waals surface area contributed by atoms with Gasteiger partial charge in [0.05, 0.1) is 18.6 Å². The van der Waals surface area contributed by atoms with Crippen molar-refractivity contribution in [2.75, 3.05) is 19.6 Å². The predicted octanol–water partition coefficient (Wildman–Crippen LogP) is 6.87. The van der Waals surface area contributed by atoms with Crippen LogP contribution in [0.5, 0.6) is 0 Å². The standard InChI is InChI=1S/C30H49N3/c1-3-7-22(8-4-1)16-27-20-31-29-32(28(21-33(27)29)26-9-5-2-6-10-26)12-11-30-17-23-13-24(18-30)15-25(14-23)19-30/h22-28H,1-21H2/t23?,24?,25?,27-,28+,30?/m1/s1. The fraction of sp³-hybridized carbons (Fsp3) is 0.967. The predicted molar refractivity (Wildman–Crippen MR) is 136 cm³/mol. The number of aliphatic imine (C=N–C) groups is 1. The zero-order valence-electron chi connectivity index (χ0n) is 21.2. The van der Waals surface area contributed by atoms with Gasteiger partial charge in [0.2, 0.25) is 0 Å². The van der Waals surface area contributed by atoms with Crippen molar-refractivity contribution in [3.8, 4) is 0 Å². The van der Waals surface area contributed by atoms with Crippen molar-refractivity contribution in [3.05, 3.63) is 0 Å². The van der Waals surface area contributed by atoms with E-state index in [1.54, 1.807) is 38.5 Å². The van der Waals surface area contributed by atoms with Crippen LogP contribution in [0.15, 0.2) is 4.99 Å². The Labute approximate surface area is 203 Å². The summed E-state index contributed by atoms with van der Waals surface area (Å²) in [6.45, 7) is 3.72. The first kappa shape index (κ1) is 21.5. The molecule has 0 aromatic rings. The number of hydrogen-bond donors (Lipinski definition) is 0. The first-order valence-corrected chi connectivity index (χ1v) is 15.3. The summed E-state index contributed by atoms with van der Waals surface area (Å²) < 4.78 is 0. The molecule has 8 rings (SSSR count). The Morgan fingerprint density at radius 1 is 0.788 bits per heavy atom. The fourth-order valence-corrected chi connectivity index (χ4v) is 10.6. The monoisotopic (exact) mass is 451 g/mol. The van der Waals surface area contributed by atoms with E-state index in [0.717, 1.165) is 48.2 Å². The summed E-state index contributed by atoms with van der Waals surface area (Å²) in [5.74, 6) is 6.62. The first-order chi connectivity index (χ1) is 16.2. The molecule has 1 saturated heterocycles. The maximum Gasteiger partial charge on any atom is 0.197 e. The van der Waals surface area contributed by atoms with Crippen molar-refractivity contribution in [3.63, 3.8) is 0 Å². The van der Waals surface area contributed by atoms with E-state index in [4.69, 9.17) is 4.99 Å². The zero-order valence-corrected chi connectivity index (χ0v) is 21.2. The summed E-state index contributed by atoms with van der Waals surface area (Å²) in [6, 6.07) is 1.49.